The Kier molecular flexibility index (Phi) is 4.69. The van der Waals surface area contributed by atoms with Crippen molar-refractivity contribution >= 4 is 0 Å². The summed E-state index contributed by atoms with van der Waals surface area (Å²) in [6, 6.07) is 0. The second-order valence-corrected chi connectivity index (χ2v) is 1.02. The average molecular weight is 101 g/mol. The number of nitriles is 1. The number of rotatable bonds is 3. The van der Waals surface area contributed by atoms with Crippen LogP contribution in [0.1, 0.15) is 6.42 Å². The molecule has 0 rings (SSSR count). The summed E-state index contributed by atoms with van der Waals surface area (Å²) in [7, 11) is 0. The number of hydrogen-bond acceptors (Lipinski definition) is 3. The third-order valence-corrected chi connectivity index (χ3v) is 0.469. The summed E-state index contributed by atoms with van der Waals surface area (Å²) >= 11 is 0. The average Bonchev–Trinajstić information content (AvgIpc) is 1.69. The van der Waals surface area contributed by atoms with Crippen molar-refractivity contribution in [3.8, 4) is 6.26 Å². The van der Waals surface area contributed by atoms with Crippen molar-refractivity contribution in [3.63, 3.8) is 0 Å². The molecule has 0 aliphatic heterocycles. The monoisotopic (exact) mass is 101 g/mol. The molecule has 0 spiro atoms. The summed E-state index contributed by atoms with van der Waals surface area (Å²) < 4.78 is 4.22. The van der Waals surface area contributed by atoms with Gasteiger partial charge in [-0.2, -0.15) is 5.26 Å². The highest BCUT2D eigenvalue weighted by molar-refractivity contribution is 4.46. The second-order valence-electron chi connectivity index (χ2n) is 1.02. The molecular formula is C4H7NO2. The molecule has 0 atom stereocenters. The molecule has 0 bridgehead atoms. The maximum Gasteiger partial charge on any atom is 0.286 e. The van der Waals surface area contributed by atoms with E-state index in [9.17, 15) is 0 Å². The fourth-order valence-electron chi connectivity index (χ4n) is 0.182. The van der Waals surface area contributed by atoms with Gasteiger partial charge in [-0.3, -0.25) is 0 Å². The highest BCUT2D eigenvalue weighted by Gasteiger charge is 1.79. The van der Waals surface area contributed by atoms with E-state index < -0.39 is 0 Å². The Balaban J connectivity index is 2.60. The number of hydrogen-bond donors (Lipinski definition) is 1. The van der Waals surface area contributed by atoms with E-state index >= 15 is 0 Å². The van der Waals surface area contributed by atoms with E-state index in [1.807, 2.05) is 0 Å². The molecule has 0 aromatic carbocycles. The van der Waals surface area contributed by atoms with E-state index in [0.29, 0.717) is 13.0 Å². The van der Waals surface area contributed by atoms with Crippen molar-refractivity contribution < 1.29 is 9.84 Å². The predicted octanol–water partition coefficient (Wildman–Crippen LogP) is -0.134. The Bertz CT molecular complexity index is 66.6. The molecule has 0 aromatic heterocycles. The minimum atomic E-state index is 0.0850. The van der Waals surface area contributed by atoms with Gasteiger partial charge in [-0.25, -0.2) is 0 Å². The van der Waals surface area contributed by atoms with Gasteiger partial charge in [-0.05, 0) is 0 Å². The predicted molar refractivity (Wildman–Crippen MR) is 23.3 cm³/mol. The minimum absolute atomic E-state index is 0.0850. The Labute approximate surface area is 42.1 Å². The summed E-state index contributed by atoms with van der Waals surface area (Å²) in [5.74, 6) is 0. The minimum Gasteiger partial charge on any atom is -0.427 e. The van der Waals surface area contributed by atoms with Crippen LogP contribution >= 0.6 is 0 Å². The van der Waals surface area contributed by atoms with E-state index in [1.165, 1.54) is 6.26 Å². The van der Waals surface area contributed by atoms with Crippen molar-refractivity contribution in [1.29, 1.82) is 5.26 Å². The largest absolute Gasteiger partial charge is 0.427 e. The smallest absolute Gasteiger partial charge is 0.286 e. The van der Waals surface area contributed by atoms with Gasteiger partial charge in [0.25, 0.3) is 6.26 Å². The standard InChI is InChI=1S/C4H7NO2/c5-4-7-3-1-2-6/h6H,1-3H2. The Morgan fingerprint density at radius 2 is 2.43 bits per heavy atom. The first-order valence-corrected chi connectivity index (χ1v) is 2.03. The van der Waals surface area contributed by atoms with Crippen molar-refractivity contribution in [2.75, 3.05) is 13.2 Å². The zero-order chi connectivity index (χ0) is 5.54. The molecule has 0 aliphatic carbocycles. The summed E-state index contributed by atoms with van der Waals surface area (Å²) in [4.78, 5) is 0. The van der Waals surface area contributed by atoms with Crippen LogP contribution in [0.4, 0.5) is 0 Å². The molecular weight excluding hydrogens is 94.0 g/mol. The van der Waals surface area contributed by atoms with Crippen LogP contribution in [-0.4, -0.2) is 18.3 Å². The van der Waals surface area contributed by atoms with Crippen molar-refractivity contribution in [2.45, 2.75) is 6.42 Å². The lowest BCUT2D eigenvalue weighted by atomic mass is 10.5. The Morgan fingerprint density at radius 3 is 2.86 bits per heavy atom. The SMILES string of the molecule is N#COCCCO. The maximum atomic E-state index is 8.10. The zero-order valence-electron chi connectivity index (χ0n) is 3.92. The van der Waals surface area contributed by atoms with E-state index in [-0.39, 0.29) is 6.61 Å². The van der Waals surface area contributed by atoms with Gasteiger partial charge < -0.3 is 9.84 Å². The highest BCUT2D eigenvalue weighted by atomic mass is 16.5. The molecule has 0 saturated heterocycles. The molecule has 0 fully saturated rings. The first-order valence-electron chi connectivity index (χ1n) is 2.03. The van der Waals surface area contributed by atoms with Crippen LogP contribution in [0.5, 0.6) is 0 Å². The van der Waals surface area contributed by atoms with E-state index in [4.69, 9.17) is 10.4 Å². The zero-order valence-corrected chi connectivity index (χ0v) is 3.92. The number of ether oxygens (including phenoxy) is 1. The van der Waals surface area contributed by atoms with Crippen LogP contribution in [0, 0.1) is 11.5 Å². The molecule has 0 amide bonds. The molecule has 1 N–H and O–H groups in total. The van der Waals surface area contributed by atoms with Gasteiger partial charge in [0.15, 0.2) is 0 Å². The molecule has 3 heteroatoms. The second kappa shape index (κ2) is 5.25. The molecule has 0 aromatic rings. The molecule has 0 unspecified atom stereocenters. The Morgan fingerprint density at radius 1 is 1.71 bits per heavy atom. The van der Waals surface area contributed by atoms with Gasteiger partial charge in [0.05, 0.1) is 0 Å². The first kappa shape index (κ1) is 6.25. The van der Waals surface area contributed by atoms with Gasteiger partial charge >= 0.3 is 0 Å². The molecule has 0 saturated carbocycles. The quantitative estimate of drug-likeness (QED) is 0.398. The highest BCUT2D eigenvalue weighted by Crippen LogP contribution is 1.75. The number of aliphatic hydroxyl groups excluding tert-OH is 1. The fourth-order valence-corrected chi connectivity index (χ4v) is 0.182. The molecule has 40 valence electrons. The van der Waals surface area contributed by atoms with Crippen molar-refractivity contribution in [1.82, 2.24) is 0 Å². The van der Waals surface area contributed by atoms with Crippen molar-refractivity contribution in [3.05, 3.63) is 0 Å². The third-order valence-electron chi connectivity index (χ3n) is 0.469. The normalized spacial score (nSPS) is 7.43. The van der Waals surface area contributed by atoms with Gasteiger partial charge in [0.1, 0.15) is 6.61 Å². The van der Waals surface area contributed by atoms with Gasteiger partial charge in [0, 0.05) is 13.0 Å². The van der Waals surface area contributed by atoms with Gasteiger partial charge in [-0.1, -0.05) is 0 Å². The number of nitrogens with zero attached hydrogens (tertiary/aromatic N) is 1. The van der Waals surface area contributed by atoms with Crippen LogP contribution in [0.25, 0.3) is 0 Å². The lowest BCUT2D eigenvalue weighted by Gasteiger charge is -1.88. The Hall–Kier alpha value is -0.750. The van der Waals surface area contributed by atoms with E-state index in [1.54, 1.807) is 0 Å². The summed E-state index contributed by atoms with van der Waals surface area (Å²) in [6.07, 6.45) is 2.03. The molecule has 0 aliphatic rings. The van der Waals surface area contributed by atoms with Crippen LogP contribution in [0.2, 0.25) is 0 Å². The van der Waals surface area contributed by atoms with E-state index in [0.717, 1.165) is 0 Å². The molecule has 7 heavy (non-hydrogen) atoms. The van der Waals surface area contributed by atoms with Crippen LogP contribution < -0.4 is 0 Å². The summed E-state index contributed by atoms with van der Waals surface area (Å²) in [5, 5.41) is 15.8. The molecule has 3 nitrogen and oxygen atoms in total. The molecule has 0 heterocycles. The number of aliphatic hydroxyl groups is 1. The van der Waals surface area contributed by atoms with Crippen LogP contribution in [-0.2, 0) is 4.74 Å². The van der Waals surface area contributed by atoms with Crippen molar-refractivity contribution in [2.24, 2.45) is 0 Å². The van der Waals surface area contributed by atoms with Crippen LogP contribution in [0.15, 0.2) is 0 Å². The topological polar surface area (TPSA) is 53.2 Å². The lowest BCUT2D eigenvalue weighted by molar-refractivity contribution is 0.211. The fraction of sp³-hybridized carbons (Fsp3) is 0.750. The maximum absolute atomic E-state index is 8.10. The van der Waals surface area contributed by atoms with E-state index in [2.05, 4.69) is 4.74 Å². The van der Waals surface area contributed by atoms with Gasteiger partial charge in [-0.15, -0.1) is 0 Å². The van der Waals surface area contributed by atoms with Crippen LogP contribution in [0.3, 0.4) is 0 Å². The summed E-state index contributed by atoms with van der Waals surface area (Å²) in [6.45, 7) is 0.411. The first-order chi connectivity index (χ1) is 3.41. The lowest BCUT2D eigenvalue weighted by Crippen LogP contribution is -1.90. The van der Waals surface area contributed by atoms with Gasteiger partial charge in [0.2, 0.25) is 0 Å². The summed E-state index contributed by atoms with van der Waals surface area (Å²) in [5.41, 5.74) is 0. The third kappa shape index (κ3) is 5.25. The molecule has 0 radical (unpaired) electrons.